The van der Waals surface area contributed by atoms with Crippen LogP contribution in [0, 0.1) is 15.3 Å². The van der Waals surface area contributed by atoms with Gasteiger partial charge >= 0.3 is 22.4 Å². The molecule has 15 nitrogen and oxygen atoms in total. The van der Waals surface area contributed by atoms with Gasteiger partial charge in [-0.25, -0.2) is 10.9 Å². The first-order chi connectivity index (χ1) is 19.3. The molecule has 2 amide bonds. The number of carbonyl (C=O) groups excluding carboxylic acids is 2. The van der Waals surface area contributed by atoms with Crippen LogP contribution in [0.15, 0.2) is 108 Å². The predicted octanol–water partition coefficient (Wildman–Crippen LogP) is 2.04. The Bertz CT molecular complexity index is 1350. The molecule has 0 aliphatic carbocycles. The third-order valence-corrected chi connectivity index (χ3v) is 4.50. The van der Waals surface area contributed by atoms with Gasteiger partial charge < -0.3 is 31.0 Å². The van der Waals surface area contributed by atoms with E-state index < -0.39 is 5.09 Å². The number of rotatable bonds is 6. The van der Waals surface area contributed by atoms with Crippen LogP contribution < -0.4 is 10.9 Å². The molecule has 2 heterocycles. The second kappa shape index (κ2) is 20.4. The molecule has 6 N–H and O–H groups in total. The molecule has 2 aromatic carbocycles. The summed E-state index contributed by atoms with van der Waals surface area (Å²) in [6, 6.07) is 19.8. The Balaban J connectivity index is 0.000000682. The fourth-order valence-corrected chi connectivity index (χ4v) is 2.65. The second-order valence-electron chi connectivity index (χ2n) is 7.21. The van der Waals surface area contributed by atoms with Crippen molar-refractivity contribution in [2.45, 2.75) is 0 Å². The minimum atomic E-state index is -1.75. The van der Waals surface area contributed by atoms with E-state index in [0.717, 1.165) is 0 Å². The van der Waals surface area contributed by atoms with Gasteiger partial charge in [0.15, 0.2) is 0 Å². The van der Waals surface area contributed by atoms with Gasteiger partial charge in [0.25, 0.3) is 11.8 Å². The van der Waals surface area contributed by atoms with Crippen LogP contribution >= 0.6 is 0 Å². The minimum Gasteiger partial charge on any atom is -0.507 e. The summed E-state index contributed by atoms with van der Waals surface area (Å²) in [7, 11) is 0. The van der Waals surface area contributed by atoms with Gasteiger partial charge in [-0.3, -0.25) is 19.6 Å². The molecule has 0 atom stereocenters. The first-order valence-electron chi connectivity index (χ1n) is 11.1. The van der Waals surface area contributed by atoms with Gasteiger partial charge in [-0.15, -0.1) is 0 Å². The molecule has 0 unspecified atom stereocenters. The Labute approximate surface area is 254 Å². The Morgan fingerprint density at radius 3 is 1.31 bits per heavy atom. The number of phenolic OH excluding ortho intramolecular Hbond substituents is 2. The summed E-state index contributed by atoms with van der Waals surface area (Å²) in [4.78, 5) is 39.1. The van der Waals surface area contributed by atoms with Crippen LogP contribution in [0.1, 0.15) is 31.8 Å². The van der Waals surface area contributed by atoms with Crippen molar-refractivity contribution in [1.29, 1.82) is 0 Å². The number of carbonyl (C=O) groups is 2. The molecule has 0 bridgehead atoms. The summed E-state index contributed by atoms with van der Waals surface area (Å²) in [6.07, 6.45) is 8.88. The molecular formula is C26H24AgN7O8. The molecule has 0 saturated heterocycles. The first kappa shape index (κ1) is 36.5. The first-order valence-corrected chi connectivity index (χ1v) is 11.1. The maximum atomic E-state index is 11.6. The number of pyridine rings is 2. The third-order valence-electron chi connectivity index (χ3n) is 4.50. The van der Waals surface area contributed by atoms with E-state index in [1.54, 1.807) is 72.8 Å². The predicted molar refractivity (Wildman–Crippen MR) is 149 cm³/mol. The van der Waals surface area contributed by atoms with E-state index in [4.69, 9.17) is 15.3 Å². The number of nitrogens with one attached hydrogen (secondary N) is 2. The molecular weight excluding hydrogens is 646 g/mol. The summed E-state index contributed by atoms with van der Waals surface area (Å²) in [5.41, 5.74) is 6.75. The number of aromatic hydroxyl groups is 2. The number of para-hydroxylation sites is 2. The van der Waals surface area contributed by atoms with Crippen molar-refractivity contribution in [1.82, 2.24) is 20.8 Å². The molecule has 0 fully saturated rings. The molecule has 0 radical (unpaired) electrons. The van der Waals surface area contributed by atoms with Crippen LogP contribution in [-0.4, -0.2) is 55.0 Å². The van der Waals surface area contributed by atoms with Crippen molar-refractivity contribution in [2.24, 2.45) is 10.2 Å². The zero-order valence-corrected chi connectivity index (χ0v) is 22.8. The topological polar surface area (TPSA) is 247 Å². The van der Waals surface area contributed by atoms with Gasteiger partial charge in [-0.2, -0.15) is 10.2 Å². The summed E-state index contributed by atoms with van der Waals surface area (Å²) < 4.78 is 0. The molecule has 16 heteroatoms. The van der Waals surface area contributed by atoms with Crippen molar-refractivity contribution >= 4 is 24.2 Å². The molecule has 0 aliphatic rings. The summed E-state index contributed by atoms with van der Waals surface area (Å²) in [5.74, 6) is -0.438. The quantitative estimate of drug-likeness (QED) is 0.101. The Morgan fingerprint density at radius 1 is 0.690 bits per heavy atom. The summed E-state index contributed by atoms with van der Waals surface area (Å²) >= 11 is 0. The van der Waals surface area contributed by atoms with E-state index in [2.05, 4.69) is 31.0 Å². The Morgan fingerprint density at radius 2 is 1.00 bits per heavy atom. The number of phenols is 2. The average Bonchev–Trinajstić information content (AvgIpc) is 2.96. The molecule has 222 valence electrons. The molecule has 42 heavy (non-hydrogen) atoms. The van der Waals surface area contributed by atoms with Gasteiger partial charge in [0, 0.05) is 47.0 Å². The van der Waals surface area contributed by atoms with Crippen molar-refractivity contribution in [3.8, 4) is 11.5 Å². The number of hydrogen-bond donors (Lipinski definition) is 4. The van der Waals surface area contributed by atoms with E-state index in [0.29, 0.717) is 22.3 Å². The van der Waals surface area contributed by atoms with Gasteiger partial charge in [-0.1, -0.05) is 24.3 Å². The number of nitrogens with zero attached hydrogens (tertiary/aromatic N) is 5. The van der Waals surface area contributed by atoms with Gasteiger partial charge in [0.05, 0.1) is 17.5 Å². The van der Waals surface area contributed by atoms with E-state index in [-0.39, 0.29) is 51.2 Å². The van der Waals surface area contributed by atoms with E-state index in [9.17, 15) is 19.8 Å². The van der Waals surface area contributed by atoms with E-state index in [1.807, 2.05) is 0 Å². The molecule has 0 saturated carbocycles. The summed E-state index contributed by atoms with van der Waals surface area (Å²) in [5, 5.41) is 41.3. The number of hydrazone groups is 2. The van der Waals surface area contributed by atoms with E-state index >= 15 is 0 Å². The Hall–Kier alpha value is -5.48. The molecule has 4 aromatic rings. The fourth-order valence-electron chi connectivity index (χ4n) is 2.65. The van der Waals surface area contributed by atoms with Crippen LogP contribution in [0.25, 0.3) is 0 Å². The zero-order chi connectivity index (χ0) is 29.2. The monoisotopic (exact) mass is 669 g/mol. The fraction of sp³-hybridized carbons (Fsp3) is 0. The summed E-state index contributed by atoms with van der Waals surface area (Å²) in [6.45, 7) is 0. The number of hydrogen-bond acceptors (Lipinski definition) is 11. The maximum Gasteiger partial charge on any atom is 1.00 e. The Kier molecular flexibility index (Phi) is 17.8. The zero-order valence-electron chi connectivity index (χ0n) is 21.4. The molecule has 0 aliphatic heterocycles. The van der Waals surface area contributed by atoms with Crippen molar-refractivity contribution in [2.75, 3.05) is 0 Å². The van der Waals surface area contributed by atoms with Gasteiger partial charge in [0.1, 0.15) is 11.5 Å². The third kappa shape index (κ3) is 14.1. The number of benzene rings is 2. The molecule has 0 spiro atoms. The number of aromatic nitrogens is 2. The molecule has 2 aromatic heterocycles. The SMILES string of the molecule is O.O=C(N/N=C/c1ccccc1O)c1ccncc1.O=C(N/N=C/c1ccccc1O)c1ccncc1.O=[N+]([O-])[O-].[Ag+]. The van der Waals surface area contributed by atoms with Crippen LogP contribution in [0.4, 0.5) is 0 Å². The van der Waals surface area contributed by atoms with Crippen molar-refractivity contribution < 1.29 is 52.7 Å². The standard InChI is InChI=1S/2C13H11N3O2.Ag.NO3.H2O/c2*17-12-4-2-1-3-11(12)9-15-16-13(18)10-5-7-14-8-6-10;;2-1(3)4;/h2*1-9,17H,(H,16,18);;;1H2/q;;+1;-1;/b2*15-9+;;;. The smallest absolute Gasteiger partial charge is 0.507 e. The van der Waals surface area contributed by atoms with Gasteiger partial charge in [0.2, 0.25) is 0 Å². The van der Waals surface area contributed by atoms with Crippen LogP contribution in [0.3, 0.4) is 0 Å². The maximum absolute atomic E-state index is 11.6. The van der Waals surface area contributed by atoms with Crippen molar-refractivity contribution in [3.63, 3.8) is 0 Å². The van der Waals surface area contributed by atoms with E-state index in [1.165, 1.54) is 37.2 Å². The van der Waals surface area contributed by atoms with Crippen LogP contribution in [0.5, 0.6) is 11.5 Å². The second-order valence-corrected chi connectivity index (χ2v) is 7.21. The van der Waals surface area contributed by atoms with Gasteiger partial charge in [-0.05, 0) is 48.5 Å². The average molecular weight is 670 g/mol. The normalized spacial score (nSPS) is 9.52. The number of amides is 2. The van der Waals surface area contributed by atoms with Crippen LogP contribution in [-0.2, 0) is 22.4 Å². The van der Waals surface area contributed by atoms with Crippen LogP contribution in [0.2, 0.25) is 0 Å². The van der Waals surface area contributed by atoms with Crippen molar-refractivity contribution in [3.05, 3.63) is 135 Å². The molecule has 4 rings (SSSR count). The largest absolute Gasteiger partial charge is 1.00 e. The minimum absolute atomic E-state index is 0.